The van der Waals surface area contributed by atoms with Crippen LogP contribution in [0.25, 0.3) is 0 Å². The van der Waals surface area contributed by atoms with Gasteiger partial charge >= 0.3 is 0 Å². The summed E-state index contributed by atoms with van der Waals surface area (Å²) in [5.74, 6) is 1.97. The van der Waals surface area contributed by atoms with E-state index in [2.05, 4.69) is 59.6 Å². The molecule has 110 valence electrons. The number of hydrogen-bond acceptors (Lipinski definition) is 4. The topological polar surface area (TPSA) is 60.6 Å². The van der Waals surface area contributed by atoms with Crippen LogP contribution in [0.1, 0.15) is 52.3 Å². The van der Waals surface area contributed by atoms with E-state index in [0.29, 0.717) is 12.6 Å². The van der Waals surface area contributed by atoms with E-state index < -0.39 is 0 Å². The highest BCUT2D eigenvalue weighted by molar-refractivity contribution is 4.98. The van der Waals surface area contributed by atoms with Crippen molar-refractivity contribution in [2.75, 3.05) is 0 Å². The van der Waals surface area contributed by atoms with Crippen molar-refractivity contribution in [2.24, 2.45) is 0 Å². The van der Waals surface area contributed by atoms with Crippen LogP contribution in [0.3, 0.4) is 0 Å². The first-order chi connectivity index (χ1) is 9.37. The molecule has 2 aromatic rings. The van der Waals surface area contributed by atoms with Crippen molar-refractivity contribution in [3.05, 3.63) is 30.4 Å². The molecule has 0 saturated carbocycles. The van der Waals surface area contributed by atoms with Crippen LogP contribution in [0.4, 0.5) is 0 Å². The highest BCUT2D eigenvalue weighted by Crippen LogP contribution is 2.09. The highest BCUT2D eigenvalue weighted by Gasteiger charge is 2.13. The van der Waals surface area contributed by atoms with Gasteiger partial charge < -0.3 is 9.88 Å². The Bertz CT molecular complexity index is 546. The zero-order valence-corrected chi connectivity index (χ0v) is 13.0. The molecule has 0 fully saturated rings. The number of imidazole rings is 1. The molecule has 0 aliphatic rings. The van der Waals surface area contributed by atoms with Crippen LogP contribution in [0.15, 0.2) is 18.7 Å². The average molecular weight is 276 g/mol. The van der Waals surface area contributed by atoms with Crippen LogP contribution in [0.2, 0.25) is 0 Å². The summed E-state index contributed by atoms with van der Waals surface area (Å²) in [7, 11) is 0. The Morgan fingerprint density at radius 3 is 2.60 bits per heavy atom. The van der Waals surface area contributed by atoms with Crippen molar-refractivity contribution in [2.45, 2.75) is 59.3 Å². The Hall–Kier alpha value is -1.69. The molecule has 0 saturated heterocycles. The van der Waals surface area contributed by atoms with E-state index in [-0.39, 0.29) is 5.54 Å². The van der Waals surface area contributed by atoms with Gasteiger partial charge in [-0.05, 0) is 34.6 Å². The normalized spacial score (nSPS) is 12.3. The summed E-state index contributed by atoms with van der Waals surface area (Å²) in [6.45, 7) is 12.1. The molecule has 2 heterocycles. The molecule has 0 bridgehead atoms. The van der Waals surface area contributed by atoms with E-state index in [0.717, 1.165) is 18.2 Å². The maximum absolute atomic E-state index is 4.42. The van der Waals surface area contributed by atoms with E-state index in [1.807, 2.05) is 17.1 Å². The van der Waals surface area contributed by atoms with Gasteiger partial charge in [0.05, 0.1) is 13.1 Å². The molecule has 0 atom stereocenters. The van der Waals surface area contributed by atoms with Crippen LogP contribution < -0.4 is 5.32 Å². The maximum atomic E-state index is 4.42. The molecule has 0 radical (unpaired) electrons. The second kappa shape index (κ2) is 5.75. The lowest BCUT2D eigenvalue weighted by molar-refractivity contribution is 0.411. The molecule has 6 nitrogen and oxygen atoms in total. The number of aromatic nitrogens is 5. The minimum atomic E-state index is 0.0781. The number of hydrogen-bond donors (Lipinski definition) is 1. The summed E-state index contributed by atoms with van der Waals surface area (Å²) < 4.78 is 4.06. The third-order valence-corrected chi connectivity index (χ3v) is 3.03. The fourth-order valence-corrected chi connectivity index (χ4v) is 1.97. The van der Waals surface area contributed by atoms with Crippen molar-refractivity contribution >= 4 is 0 Å². The summed E-state index contributed by atoms with van der Waals surface area (Å²) in [5, 5.41) is 7.72. The van der Waals surface area contributed by atoms with Crippen molar-refractivity contribution in [1.82, 2.24) is 29.6 Å². The maximum Gasteiger partial charge on any atom is 0.147 e. The van der Waals surface area contributed by atoms with E-state index in [1.54, 1.807) is 6.33 Å². The van der Waals surface area contributed by atoms with Gasteiger partial charge in [0, 0.05) is 24.0 Å². The molecular weight excluding hydrogens is 252 g/mol. The lowest BCUT2D eigenvalue weighted by Crippen LogP contribution is -2.36. The molecule has 0 aromatic carbocycles. The van der Waals surface area contributed by atoms with Crippen LogP contribution in [-0.4, -0.2) is 29.9 Å². The minimum absolute atomic E-state index is 0.0781. The van der Waals surface area contributed by atoms with Gasteiger partial charge in [-0.1, -0.05) is 0 Å². The van der Waals surface area contributed by atoms with Gasteiger partial charge in [0.2, 0.25) is 0 Å². The summed E-state index contributed by atoms with van der Waals surface area (Å²) in [5.41, 5.74) is 0.0781. The molecule has 0 unspecified atom stereocenters. The second-order valence-electron chi connectivity index (χ2n) is 6.29. The van der Waals surface area contributed by atoms with Gasteiger partial charge in [-0.15, -0.1) is 0 Å². The molecule has 2 aromatic heterocycles. The Labute approximate surface area is 120 Å². The Balaban J connectivity index is 2.10. The number of nitrogens with one attached hydrogen (secondary N) is 1. The van der Waals surface area contributed by atoms with Gasteiger partial charge in [-0.25, -0.2) is 14.6 Å². The van der Waals surface area contributed by atoms with E-state index in [4.69, 9.17) is 0 Å². The van der Waals surface area contributed by atoms with Crippen LogP contribution >= 0.6 is 0 Å². The Kier molecular flexibility index (Phi) is 4.23. The van der Waals surface area contributed by atoms with Gasteiger partial charge in [0.15, 0.2) is 0 Å². The fourth-order valence-electron chi connectivity index (χ4n) is 1.97. The average Bonchev–Trinajstić information content (AvgIpc) is 2.95. The van der Waals surface area contributed by atoms with Crippen LogP contribution in [0.5, 0.6) is 0 Å². The smallest absolute Gasteiger partial charge is 0.147 e. The molecule has 20 heavy (non-hydrogen) atoms. The third kappa shape index (κ3) is 3.66. The third-order valence-electron chi connectivity index (χ3n) is 3.03. The molecule has 0 aliphatic carbocycles. The van der Waals surface area contributed by atoms with Crippen molar-refractivity contribution in [3.8, 4) is 0 Å². The monoisotopic (exact) mass is 276 g/mol. The quantitative estimate of drug-likeness (QED) is 0.907. The zero-order valence-electron chi connectivity index (χ0n) is 13.0. The summed E-state index contributed by atoms with van der Waals surface area (Å²) in [6.07, 6.45) is 5.42. The van der Waals surface area contributed by atoms with Gasteiger partial charge in [0.25, 0.3) is 0 Å². The second-order valence-corrected chi connectivity index (χ2v) is 6.29. The molecule has 0 aliphatic heterocycles. The predicted molar refractivity (Wildman–Crippen MR) is 78.3 cm³/mol. The molecule has 0 spiro atoms. The first-order valence-corrected chi connectivity index (χ1v) is 7.00. The molecule has 1 N–H and O–H groups in total. The van der Waals surface area contributed by atoms with E-state index in [9.17, 15) is 0 Å². The van der Waals surface area contributed by atoms with Gasteiger partial charge in [-0.2, -0.15) is 5.10 Å². The first-order valence-electron chi connectivity index (χ1n) is 7.00. The highest BCUT2D eigenvalue weighted by atomic mass is 15.4. The lowest BCUT2D eigenvalue weighted by atomic mass is 10.1. The SMILES string of the molecule is CC(C)n1ncnc1Cn1ccnc1CNC(C)(C)C. The fraction of sp³-hybridized carbons (Fsp3) is 0.643. The lowest BCUT2D eigenvalue weighted by Gasteiger charge is -2.20. The minimum Gasteiger partial charge on any atom is -0.326 e. The Morgan fingerprint density at radius 1 is 1.20 bits per heavy atom. The van der Waals surface area contributed by atoms with Crippen LogP contribution in [0, 0.1) is 0 Å². The van der Waals surface area contributed by atoms with Crippen molar-refractivity contribution in [3.63, 3.8) is 0 Å². The predicted octanol–water partition coefficient (Wildman–Crippen LogP) is 1.99. The summed E-state index contributed by atoms with van der Waals surface area (Å²) in [4.78, 5) is 8.76. The van der Waals surface area contributed by atoms with E-state index >= 15 is 0 Å². The number of nitrogens with zero attached hydrogens (tertiary/aromatic N) is 5. The van der Waals surface area contributed by atoms with Gasteiger partial charge in [-0.3, -0.25) is 0 Å². The molecule has 2 rings (SSSR count). The Morgan fingerprint density at radius 2 is 1.95 bits per heavy atom. The largest absolute Gasteiger partial charge is 0.326 e. The van der Waals surface area contributed by atoms with Crippen molar-refractivity contribution < 1.29 is 0 Å². The van der Waals surface area contributed by atoms with Crippen molar-refractivity contribution in [1.29, 1.82) is 0 Å². The van der Waals surface area contributed by atoms with E-state index in [1.165, 1.54) is 0 Å². The summed E-state index contributed by atoms with van der Waals surface area (Å²) >= 11 is 0. The van der Waals surface area contributed by atoms with Gasteiger partial charge in [0.1, 0.15) is 18.0 Å². The zero-order chi connectivity index (χ0) is 14.8. The first kappa shape index (κ1) is 14.7. The summed E-state index contributed by atoms with van der Waals surface area (Å²) in [6, 6.07) is 0.312. The molecule has 6 heteroatoms. The standard InChI is InChI=1S/C14H24N6/c1-11(2)20-13(16-10-18-20)9-19-7-6-15-12(19)8-17-14(3,4)5/h6-7,10-11,17H,8-9H2,1-5H3. The molecular formula is C14H24N6. The van der Waals surface area contributed by atoms with Crippen LogP contribution in [-0.2, 0) is 13.1 Å². The number of rotatable bonds is 5. The molecule has 0 amide bonds.